The molecule has 0 bridgehead atoms. The zero-order chi connectivity index (χ0) is 27.0. The summed E-state index contributed by atoms with van der Waals surface area (Å²) < 4.78 is 66.4. The maximum Gasteiger partial charge on any atom is 0.389 e. The summed E-state index contributed by atoms with van der Waals surface area (Å²) in [6.45, 7) is 1.65. The monoisotopic (exact) mass is 526 g/mol. The molecule has 3 aromatic rings. The number of aromatic nitrogens is 4. The van der Waals surface area contributed by atoms with Crippen LogP contribution in [-0.4, -0.2) is 43.7 Å². The minimum atomic E-state index is -4.42. The number of benzene rings is 1. The molecule has 1 aliphatic carbocycles. The topological polar surface area (TPSA) is 119 Å². The highest BCUT2D eigenvalue weighted by Crippen LogP contribution is 2.43. The standard InChI is InChI=1S/C24H27F5N6O2/c1-13(32-19(36)6-10-24(27,28)29)15-2-3-16-17(12-15)34-22(33-16)20(14-4-8-23(25,26)9-5-14)35-18(21(30)37)7-11-31-35/h2-3,7,11-14,20H,4-6,8-10H2,1H3,(H2,30,37)(H,32,36)(H,33,34)/t13-,20+/m1/s1. The Labute approximate surface area is 208 Å². The van der Waals surface area contributed by atoms with Gasteiger partial charge in [-0.15, -0.1) is 0 Å². The van der Waals surface area contributed by atoms with E-state index in [4.69, 9.17) is 5.73 Å². The molecular weight excluding hydrogens is 499 g/mol. The lowest BCUT2D eigenvalue weighted by molar-refractivity contribution is -0.144. The lowest BCUT2D eigenvalue weighted by atomic mass is 9.81. The normalized spacial score (nSPS) is 18.0. The van der Waals surface area contributed by atoms with E-state index >= 15 is 0 Å². The first-order chi connectivity index (χ1) is 17.3. The van der Waals surface area contributed by atoms with Gasteiger partial charge in [-0.3, -0.25) is 9.59 Å². The molecule has 0 spiro atoms. The Hall–Kier alpha value is -3.51. The molecule has 1 aromatic carbocycles. The Morgan fingerprint density at radius 2 is 1.95 bits per heavy atom. The van der Waals surface area contributed by atoms with Crippen LogP contribution in [0.5, 0.6) is 0 Å². The number of imidazole rings is 1. The van der Waals surface area contributed by atoms with E-state index in [1.165, 1.54) is 16.9 Å². The van der Waals surface area contributed by atoms with Gasteiger partial charge < -0.3 is 16.0 Å². The molecule has 1 fully saturated rings. The zero-order valence-electron chi connectivity index (χ0n) is 20.0. The number of amides is 2. The number of alkyl halides is 5. The summed E-state index contributed by atoms with van der Waals surface area (Å²) in [6, 6.07) is 5.33. The number of nitrogens with one attached hydrogen (secondary N) is 2. The molecule has 200 valence electrons. The van der Waals surface area contributed by atoms with E-state index in [0.717, 1.165) is 0 Å². The predicted molar refractivity (Wildman–Crippen MR) is 124 cm³/mol. The molecule has 1 saturated carbocycles. The summed E-state index contributed by atoms with van der Waals surface area (Å²) in [5.41, 5.74) is 7.39. The van der Waals surface area contributed by atoms with Crippen molar-refractivity contribution in [3.8, 4) is 0 Å². The van der Waals surface area contributed by atoms with Crippen molar-refractivity contribution >= 4 is 22.8 Å². The van der Waals surface area contributed by atoms with Crippen LogP contribution in [0.15, 0.2) is 30.5 Å². The fraction of sp³-hybridized carbons (Fsp3) is 0.500. The Kier molecular flexibility index (Phi) is 7.24. The summed E-state index contributed by atoms with van der Waals surface area (Å²) in [7, 11) is 0. The van der Waals surface area contributed by atoms with Gasteiger partial charge in [0.05, 0.1) is 23.5 Å². The highest BCUT2D eigenvalue weighted by atomic mass is 19.4. The lowest BCUT2D eigenvalue weighted by Gasteiger charge is -2.33. The number of H-pyrrole nitrogens is 1. The number of aromatic amines is 1. The highest BCUT2D eigenvalue weighted by Gasteiger charge is 2.40. The average Bonchev–Trinajstić information content (AvgIpc) is 3.45. The van der Waals surface area contributed by atoms with E-state index in [-0.39, 0.29) is 37.3 Å². The Morgan fingerprint density at radius 1 is 1.24 bits per heavy atom. The van der Waals surface area contributed by atoms with Crippen molar-refractivity contribution < 1.29 is 31.5 Å². The van der Waals surface area contributed by atoms with E-state index in [1.54, 1.807) is 25.1 Å². The summed E-state index contributed by atoms with van der Waals surface area (Å²) >= 11 is 0. The summed E-state index contributed by atoms with van der Waals surface area (Å²) in [5.74, 6) is -4.06. The smallest absolute Gasteiger partial charge is 0.364 e. The van der Waals surface area contributed by atoms with Crippen LogP contribution in [0.1, 0.15) is 79.4 Å². The second-order valence-corrected chi connectivity index (χ2v) is 9.47. The molecule has 2 amide bonds. The Morgan fingerprint density at radius 3 is 2.59 bits per heavy atom. The van der Waals surface area contributed by atoms with Gasteiger partial charge in [0.25, 0.3) is 5.91 Å². The van der Waals surface area contributed by atoms with E-state index in [2.05, 4.69) is 20.4 Å². The van der Waals surface area contributed by atoms with Crippen LogP contribution in [0.25, 0.3) is 11.0 Å². The summed E-state index contributed by atoms with van der Waals surface area (Å²) in [4.78, 5) is 31.8. The second kappa shape index (κ2) is 10.1. The van der Waals surface area contributed by atoms with Gasteiger partial charge in [-0.25, -0.2) is 18.4 Å². The van der Waals surface area contributed by atoms with Crippen molar-refractivity contribution in [3.63, 3.8) is 0 Å². The van der Waals surface area contributed by atoms with Gasteiger partial charge in [0, 0.05) is 25.5 Å². The Balaban J connectivity index is 1.61. The van der Waals surface area contributed by atoms with Crippen molar-refractivity contribution in [1.29, 1.82) is 0 Å². The number of fused-ring (bicyclic) bond motifs is 1. The maximum atomic E-state index is 13.9. The van der Waals surface area contributed by atoms with Gasteiger partial charge in [0.15, 0.2) is 0 Å². The van der Waals surface area contributed by atoms with Gasteiger partial charge in [-0.1, -0.05) is 6.07 Å². The van der Waals surface area contributed by atoms with Crippen molar-refractivity contribution in [1.82, 2.24) is 25.1 Å². The first-order valence-corrected chi connectivity index (χ1v) is 11.9. The molecule has 0 radical (unpaired) electrons. The summed E-state index contributed by atoms with van der Waals surface area (Å²) in [5, 5.41) is 6.80. The molecule has 4 N–H and O–H groups in total. The van der Waals surface area contributed by atoms with E-state index in [1.807, 2.05) is 0 Å². The minimum Gasteiger partial charge on any atom is -0.364 e. The molecule has 13 heteroatoms. The SMILES string of the molecule is C[C@@H](NC(=O)CCC(F)(F)F)c1ccc2nc([C@H](C3CCC(F)(F)CC3)n3nccc3C(N)=O)[nH]c2c1. The van der Waals surface area contributed by atoms with Crippen LogP contribution < -0.4 is 11.1 Å². The average molecular weight is 527 g/mol. The van der Waals surface area contributed by atoms with Gasteiger partial charge >= 0.3 is 6.18 Å². The number of carbonyl (C=O) groups excluding carboxylic acids is 2. The molecule has 0 unspecified atom stereocenters. The number of carbonyl (C=O) groups is 2. The third-order valence-corrected chi connectivity index (χ3v) is 6.71. The second-order valence-electron chi connectivity index (χ2n) is 9.47. The quantitative estimate of drug-likeness (QED) is 0.366. The molecule has 8 nitrogen and oxygen atoms in total. The van der Waals surface area contributed by atoms with E-state index in [0.29, 0.717) is 22.4 Å². The highest BCUT2D eigenvalue weighted by molar-refractivity contribution is 5.91. The molecule has 0 saturated heterocycles. The van der Waals surface area contributed by atoms with Crippen LogP contribution in [0.2, 0.25) is 0 Å². The third-order valence-electron chi connectivity index (χ3n) is 6.71. The predicted octanol–water partition coefficient (Wildman–Crippen LogP) is 4.79. The number of primary amides is 1. The van der Waals surface area contributed by atoms with Gasteiger partial charge in [-0.2, -0.15) is 18.3 Å². The molecule has 37 heavy (non-hydrogen) atoms. The number of hydrogen-bond acceptors (Lipinski definition) is 4. The largest absolute Gasteiger partial charge is 0.389 e. The molecule has 0 aliphatic heterocycles. The first-order valence-electron chi connectivity index (χ1n) is 11.9. The number of nitrogens with two attached hydrogens (primary N) is 1. The number of rotatable bonds is 8. The molecular formula is C24H27F5N6O2. The van der Waals surface area contributed by atoms with Crippen LogP contribution in [-0.2, 0) is 4.79 Å². The van der Waals surface area contributed by atoms with Crippen LogP contribution in [0.4, 0.5) is 22.0 Å². The van der Waals surface area contributed by atoms with Crippen molar-refractivity contribution in [3.05, 3.63) is 47.5 Å². The lowest BCUT2D eigenvalue weighted by Crippen LogP contribution is -2.33. The number of halogens is 5. The number of nitrogens with zero attached hydrogens (tertiary/aromatic N) is 3. The fourth-order valence-corrected chi connectivity index (χ4v) is 4.76. The van der Waals surface area contributed by atoms with Crippen molar-refractivity contribution in [2.45, 2.75) is 69.6 Å². The van der Waals surface area contributed by atoms with Crippen LogP contribution in [0.3, 0.4) is 0 Å². The van der Waals surface area contributed by atoms with Gasteiger partial charge in [-0.05, 0) is 49.4 Å². The van der Waals surface area contributed by atoms with E-state index < -0.39 is 48.8 Å². The fourth-order valence-electron chi connectivity index (χ4n) is 4.76. The molecule has 2 atom stereocenters. The number of hydrogen-bond donors (Lipinski definition) is 3. The Bertz CT molecular complexity index is 1270. The molecule has 2 heterocycles. The van der Waals surface area contributed by atoms with Gasteiger partial charge in [0.2, 0.25) is 11.8 Å². The maximum absolute atomic E-state index is 13.9. The van der Waals surface area contributed by atoms with Crippen molar-refractivity contribution in [2.75, 3.05) is 0 Å². The molecule has 2 aromatic heterocycles. The third kappa shape index (κ3) is 6.25. The minimum absolute atomic E-state index is 0.124. The van der Waals surface area contributed by atoms with E-state index in [9.17, 15) is 31.5 Å². The van der Waals surface area contributed by atoms with Crippen molar-refractivity contribution in [2.24, 2.45) is 11.7 Å². The summed E-state index contributed by atoms with van der Waals surface area (Å²) in [6.07, 6.45) is -5.08. The van der Waals surface area contributed by atoms with Crippen LogP contribution in [0, 0.1) is 5.92 Å². The first kappa shape index (κ1) is 26.6. The molecule has 4 rings (SSSR count). The van der Waals surface area contributed by atoms with Gasteiger partial charge in [0.1, 0.15) is 17.6 Å². The zero-order valence-corrected chi connectivity index (χ0v) is 20.0. The molecule has 1 aliphatic rings. The van der Waals surface area contributed by atoms with Crippen LogP contribution >= 0.6 is 0 Å².